The minimum Gasteiger partial charge on any atom is -0.355 e. The highest BCUT2D eigenvalue weighted by Gasteiger charge is 2.11. The summed E-state index contributed by atoms with van der Waals surface area (Å²) in [4.78, 5) is 3.46. The molecule has 0 aliphatic heterocycles. The maximum absolute atomic E-state index is 4.05. The number of rotatable bonds is 3. The van der Waals surface area contributed by atoms with Gasteiger partial charge in [0.15, 0.2) is 0 Å². The molecule has 0 spiro atoms. The molecule has 0 saturated carbocycles. The average Bonchev–Trinajstić information content (AvgIpc) is 2.56. The molecule has 1 nitrogen and oxygen atoms in total. The van der Waals surface area contributed by atoms with E-state index in [9.17, 15) is 0 Å². The summed E-state index contributed by atoms with van der Waals surface area (Å²) in [5.74, 6) is 0. The lowest BCUT2D eigenvalue weighted by Gasteiger charge is -2.04. The lowest BCUT2D eigenvalue weighted by Crippen LogP contribution is -1.90. The average molecular weight is 225 g/mol. The van der Waals surface area contributed by atoms with E-state index in [0.717, 1.165) is 17.7 Å². The molecule has 1 heterocycles. The van der Waals surface area contributed by atoms with Crippen LogP contribution in [0.5, 0.6) is 0 Å². The van der Waals surface area contributed by atoms with E-state index in [4.69, 9.17) is 0 Å². The molecule has 1 N–H and O–H groups in total. The monoisotopic (exact) mass is 225 g/mol. The largest absolute Gasteiger partial charge is 0.355 e. The van der Waals surface area contributed by atoms with Gasteiger partial charge in [-0.2, -0.15) is 0 Å². The molecule has 88 valence electrons. The fourth-order valence-corrected chi connectivity index (χ4v) is 2.21. The van der Waals surface area contributed by atoms with Gasteiger partial charge in [-0.15, -0.1) is 0 Å². The lowest BCUT2D eigenvalue weighted by molar-refractivity contribution is 1.15. The molecule has 0 amide bonds. The number of aromatic amines is 1. The molecule has 0 fully saturated rings. The Bertz CT molecular complexity index is 599. The third-order valence-corrected chi connectivity index (χ3v) is 2.97. The van der Waals surface area contributed by atoms with Crippen LogP contribution in [0.4, 0.5) is 0 Å². The van der Waals surface area contributed by atoms with Gasteiger partial charge in [0.25, 0.3) is 0 Å². The summed E-state index contributed by atoms with van der Waals surface area (Å²) in [7, 11) is 0. The number of aryl methyl sites for hydroxylation is 1. The van der Waals surface area contributed by atoms with Crippen molar-refractivity contribution in [2.45, 2.75) is 27.2 Å². The van der Waals surface area contributed by atoms with Crippen LogP contribution in [0.25, 0.3) is 16.5 Å². The minimum atomic E-state index is 0.908. The van der Waals surface area contributed by atoms with Crippen LogP contribution in [0.2, 0.25) is 0 Å². The summed E-state index contributed by atoms with van der Waals surface area (Å²) in [5, 5.41) is 1.30. The van der Waals surface area contributed by atoms with Crippen LogP contribution >= 0.6 is 0 Å². The number of hydrogen-bond acceptors (Lipinski definition) is 0. The molecule has 0 radical (unpaired) electrons. The first-order chi connectivity index (χ1) is 7.99. The number of hydrogen-bond donors (Lipinski definition) is 1. The fourth-order valence-electron chi connectivity index (χ4n) is 2.21. The maximum Gasteiger partial charge on any atom is 0.0461 e. The molecular weight excluding hydrogens is 206 g/mol. The second-order valence-electron chi connectivity index (χ2n) is 4.94. The van der Waals surface area contributed by atoms with Crippen molar-refractivity contribution < 1.29 is 0 Å². The van der Waals surface area contributed by atoms with Crippen LogP contribution in [-0.4, -0.2) is 4.98 Å². The van der Waals surface area contributed by atoms with E-state index in [1.165, 1.54) is 27.6 Å². The summed E-state index contributed by atoms with van der Waals surface area (Å²) in [6.07, 6.45) is 0.908. The van der Waals surface area contributed by atoms with Gasteiger partial charge in [0.05, 0.1) is 0 Å². The van der Waals surface area contributed by atoms with Crippen LogP contribution in [-0.2, 0) is 6.42 Å². The minimum absolute atomic E-state index is 0.908. The molecule has 0 unspecified atom stereocenters. The first-order valence-corrected chi connectivity index (χ1v) is 5.90. The smallest absolute Gasteiger partial charge is 0.0461 e. The zero-order valence-corrected chi connectivity index (χ0v) is 10.9. The predicted molar refractivity (Wildman–Crippen MR) is 76.3 cm³/mol. The number of nitrogens with one attached hydrogen (secondary N) is 1. The van der Waals surface area contributed by atoms with E-state index in [1.54, 1.807) is 0 Å². The van der Waals surface area contributed by atoms with Crippen molar-refractivity contribution in [2.24, 2.45) is 0 Å². The Kier molecular flexibility index (Phi) is 2.93. The number of aromatic nitrogens is 1. The summed E-state index contributed by atoms with van der Waals surface area (Å²) in [6.45, 7) is 14.3. The molecule has 1 heteroatoms. The molecule has 0 atom stereocenters. The van der Waals surface area contributed by atoms with Gasteiger partial charge in [0.2, 0.25) is 0 Å². The van der Waals surface area contributed by atoms with Crippen LogP contribution in [0.1, 0.15) is 30.7 Å². The normalized spacial score (nSPS) is 10.8. The standard InChI is InChI=1S/C16H19N/c1-10(2)8-14-13-9-12(5)6-7-15(13)17-16(14)11(3)4/h6-7,9,17H,1,3,8H2,2,4-5H3. The topological polar surface area (TPSA) is 15.8 Å². The number of H-pyrrole nitrogens is 1. The summed E-state index contributed by atoms with van der Waals surface area (Å²) in [6, 6.07) is 6.50. The van der Waals surface area contributed by atoms with E-state index in [1.807, 2.05) is 6.92 Å². The quantitative estimate of drug-likeness (QED) is 0.733. The Balaban J connectivity index is 2.72. The van der Waals surface area contributed by atoms with E-state index >= 15 is 0 Å². The van der Waals surface area contributed by atoms with Crippen molar-refractivity contribution in [2.75, 3.05) is 0 Å². The molecule has 1 aromatic carbocycles. The Labute approximate surface area is 103 Å². The summed E-state index contributed by atoms with van der Waals surface area (Å²) >= 11 is 0. The second-order valence-corrected chi connectivity index (χ2v) is 4.94. The molecular formula is C16H19N. The Morgan fingerprint density at radius 3 is 2.53 bits per heavy atom. The van der Waals surface area contributed by atoms with Crippen molar-refractivity contribution in [3.63, 3.8) is 0 Å². The first-order valence-electron chi connectivity index (χ1n) is 5.90. The van der Waals surface area contributed by atoms with Gasteiger partial charge in [0, 0.05) is 16.6 Å². The lowest BCUT2D eigenvalue weighted by atomic mass is 10.0. The number of fused-ring (bicyclic) bond motifs is 1. The van der Waals surface area contributed by atoms with Gasteiger partial charge in [-0.05, 0) is 50.5 Å². The first kappa shape index (κ1) is 11.7. The van der Waals surface area contributed by atoms with E-state index < -0.39 is 0 Å². The van der Waals surface area contributed by atoms with Crippen molar-refractivity contribution in [3.05, 3.63) is 53.8 Å². The zero-order chi connectivity index (χ0) is 12.6. The van der Waals surface area contributed by atoms with Crippen molar-refractivity contribution in [3.8, 4) is 0 Å². The third kappa shape index (κ3) is 2.19. The Morgan fingerprint density at radius 1 is 1.24 bits per heavy atom. The number of benzene rings is 1. The molecule has 0 saturated heterocycles. The van der Waals surface area contributed by atoms with Crippen molar-refractivity contribution >= 4 is 16.5 Å². The number of allylic oxidation sites excluding steroid dienone is 2. The third-order valence-electron chi connectivity index (χ3n) is 2.97. The van der Waals surface area contributed by atoms with Gasteiger partial charge in [-0.25, -0.2) is 0 Å². The molecule has 0 bridgehead atoms. The highest BCUT2D eigenvalue weighted by atomic mass is 14.7. The van der Waals surface area contributed by atoms with Crippen LogP contribution in [0.15, 0.2) is 36.9 Å². The summed E-state index contributed by atoms with van der Waals surface area (Å²) in [5.41, 5.74) is 7.21. The Hall–Kier alpha value is -1.76. The SMILES string of the molecule is C=C(C)Cc1c(C(=C)C)[nH]c2ccc(C)cc12. The van der Waals surface area contributed by atoms with Crippen LogP contribution in [0.3, 0.4) is 0 Å². The maximum atomic E-state index is 4.05. The highest BCUT2D eigenvalue weighted by Crippen LogP contribution is 2.29. The van der Waals surface area contributed by atoms with E-state index in [0.29, 0.717) is 0 Å². The van der Waals surface area contributed by atoms with E-state index in [2.05, 4.69) is 50.2 Å². The predicted octanol–water partition coefficient (Wildman–Crippen LogP) is 4.63. The highest BCUT2D eigenvalue weighted by molar-refractivity contribution is 5.89. The van der Waals surface area contributed by atoms with Crippen molar-refractivity contribution in [1.82, 2.24) is 4.98 Å². The van der Waals surface area contributed by atoms with Gasteiger partial charge in [0.1, 0.15) is 0 Å². The Morgan fingerprint density at radius 2 is 1.94 bits per heavy atom. The molecule has 0 aliphatic carbocycles. The second kappa shape index (κ2) is 4.25. The zero-order valence-electron chi connectivity index (χ0n) is 10.9. The molecule has 1 aromatic heterocycles. The fraction of sp³-hybridized carbons (Fsp3) is 0.250. The van der Waals surface area contributed by atoms with Crippen LogP contribution in [0, 0.1) is 6.92 Å². The van der Waals surface area contributed by atoms with Gasteiger partial charge >= 0.3 is 0 Å². The molecule has 0 aliphatic rings. The van der Waals surface area contributed by atoms with Crippen LogP contribution < -0.4 is 0 Å². The van der Waals surface area contributed by atoms with Gasteiger partial charge in [-0.3, -0.25) is 0 Å². The molecule has 2 aromatic rings. The molecule has 17 heavy (non-hydrogen) atoms. The van der Waals surface area contributed by atoms with Gasteiger partial charge < -0.3 is 4.98 Å². The summed E-state index contributed by atoms with van der Waals surface area (Å²) < 4.78 is 0. The van der Waals surface area contributed by atoms with Crippen molar-refractivity contribution in [1.29, 1.82) is 0 Å². The van der Waals surface area contributed by atoms with E-state index in [-0.39, 0.29) is 0 Å². The van der Waals surface area contributed by atoms with Gasteiger partial charge in [-0.1, -0.05) is 30.4 Å². The molecule has 2 rings (SSSR count).